The Morgan fingerprint density at radius 3 is 2.86 bits per heavy atom. The molecule has 3 rings (SSSR count). The zero-order valence-electron chi connectivity index (χ0n) is 12.5. The van der Waals surface area contributed by atoms with Gasteiger partial charge in [-0.1, -0.05) is 12.1 Å². The van der Waals surface area contributed by atoms with Gasteiger partial charge in [0, 0.05) is 11.3 Å². The Kier molecular flexibility index (Phi) is 3.84. The van der Waals surface area contributed by atoms with Gasteiger partial charge in [-0.2, -0.15) is 0 Å². The molecule has 0 saturated heterocycles. The van der Waals surface area contributed by atoms with Crippen molar-refractivity contribution in [2.24, 2.45) is 0 Å². The zero-order valence-corrected chi connectivity index (χ0v) is 12.5. The number of rotatable bonds is 2. The van der Waals surface area contributed by atoms with Crippen molar-refractivity contribution in [1.29, 1.82) is 0 Å². The van der Waals surface area contributed by atoms with Crippen molar-refractivity contribution in [2.75, 3.05) is 5.73 Å². The number of halogens is 1. The average molecular weight is 298 g/mol. The number of anilines is 1. The van der Waals surface area contributed by atoms with Gasteiger partial charge in [0.2, 0.25) is 0 Å². The molecule has 3 nitrogen and oxygen atoms in total. The van der Waals surface area contributed by atoms with Crippen LogP contribution in [0.4, 0.5) is 10.1 Å². The molecule has 4 heteroatoms. The summed E-state index contributed by atoms with van der Waals surface area (Å²) in [5.74, 6) is -0.599. The third-order valence-corrected chi connectivity index (χ3v) is 4.22. The molecule has 0 saturated carbocycles. The van der Waals surface area contributed by atoms with Crippen LogP contribution >= 0.6 is 0 Å². The van der Waals surface area contributed by atoms with E-state index in [4.69, 9.17) is 5.73 Å². The Labute approximate surface area is 129 Å². The molecule has 1 atom stereocenters. The van der Waals surface area contributed by atoms with E-state index in [-0.39, 0.29) is 17.8 Å². The molecule has 1 amide bonds. The van der Waals surface area contributed by atoms with E-state index in [1.54, 1.807) is 19.1 Å². The van der Waals surface area contributed by atoms with Crippen LogP contribution in [0.1, 0.15) is 45.9 Å². The number of nitrogens with two attached hydrogens (primary N) is 1. The lowest BCUT2D eigenvalue weighted by Crippen LogP contribution is -2.31. The number of fused-ring (bicyclic) bond motifs is 1. The Morgan fingerprint density at radius 1 is 1.27 bits per heavy atom. The Morgan fingerprint density at radius 2 is 2.09 bits per heavy atom. The maximum Gasteiger partial charge on any atom is 0.251 e. The monoisotopic (exact) mass is 298 g/mol. The normalized spacial score (nSPS) is 16.9. The highest BCUT2D eigenvalue weighted by Gasteiger charge is 2.22. The van der Waals surface area contributed by atoms with Crippen molar-refractivity contribution in [1.82, 2.24) is 5.32 Å². The molecule has 0 radical (unpaired) electrons. The topological polar surface area (TPSA) is 55.1 Å². The minimum atomic E-state index is -0.357. The van der Waals surface area contributed by atoms with E-state index in [0.29, 0.717) is 11.1 Å². The predicted octanol–water partition coefficient (Wildman–Crippen LogP) is 3.52. The summed E-state index contributed by atoms with van der Waals surface area (Å²) in [6, 6.07) is 10.3. The molecule has 0 aromatic heterocycles. The lowest BCUT2D eigenvalue weighted by molar-refractivity contribution is 0.0932. The Balaban J connectivity index is 1.82. The number of amides is 1. The summed E-state index contributed by atoms with van der Waals surface area (Å²) in [6.07, 6.45) is 2.87. The number of nitrogens with one attached hydrogen (secondary N) is 1. The molecule has 0 bridgehead atoms. The number of carbonyl (C=O) groups is 1. The van der Waals surface area contributed by atoms with Crippen LogP contribution in [-0.2, 0) is 6.42 Å². The minimum absolute atomic E-state index is 0.0405. The van der Waals surface area contributed by atoms with Crippen molar-refractivity contribution in [3.63, 3.8) is 0 Å². The highest BCUT2D eigenvalue weighted by molar-refractivity contribution is 5.94. The van der Waals surface area contributed by atoms with E-state index in [2.05, 4.69) is 5.32 Å². The summed E-state index contributed by atoms with van der Waals surface area (Å²) in [6.45, 7) is 1.68. The molecule has 0 spiro atoms. The fourth-order valence-corrected chi connectivity index (χ4v) is 2.96. The van der Waals surface area contributed by atoms with Gasteiger partial charge in [0.15, 0.2) is 0 Å². The molecular weight excluding hydrogens is 279 g/mol. The van der Waals surface area contributed by atoms with Gasteiger partial charge in [0.25, 0.3) is 5.91 Å². The lowest BCUT2D eigenvalue weighted by atomic mass is 9.87. The smallest absolute Gasteiger partial charge is 0.251 e. The van der Waals surface area contributed by atoms with Crippen LogP contribution in [0.25, 0.3) is 0 Å². The van der Waals surface area contributed by atoms with Crippen molar-refractivity contribution >= 4 is 11.6 Å². The average Bonchev–Trinajstić information content (AvgIpc) is 2.50. The van der Waals surface area contributed by atoms with E-state index in [1.165, 1.54) is 11.6 Å². The fourth-order valence-electron chi connectivity index (χ4n) is 2.96. The van der Waals surface area contributed by atoms with Crippen molar-refractivity contribution in [3.05, 3.63) is 64.5 Å². The SMILES string of the molecule is Cc1ccc(C(=O)NC2CCCc3cc(N)ccc32)cc1F. The molecule has 0 fully saturated rings. The quantitative estimate of drug-likeness (QED) is 0.833. The van der Waals surface area contributed by atoms with E-state index in [0.717, 1.165) is 30.5 Å². The van der Waals surface area contributed by atoms with Crippen molar-refractivity contribution in [3.8, 4) is 0 Å². The van der Waals surface area contributed by atoms with Crippen LogP contribution < -0.4 is 11.1 Å². The van der Waals surface area contributed by atoms with E-state index < -0.39 is 0 Å². The molecule has 0 aliphatic heterocycles. The highest BCUT2D eigenvalue weighted by atomic mass is 19.1. The zero-order chi connectivity index (χ0) is 15.7. The van der Waals surface area contributed by atoms with Crippen LogP contribution in [0.2, 0.25) is 0 Å². The van der Waals surface area contributed by atoms with E-state index in [9.17, 15) is 9.18 Å². The Bertz CT molecular complexity index is 727. The number of carbonyl (C=O) groups excluding carboxylic acids is 1. The summed E-state index contributed by atoms with van der Waals surface area (Å²) in [5.41, 5.74) is 9.75. The van der Waals surface area contributed by atoms with Crippen LogP contribution in [0.15, 0.2) is 36.4 Å². The van der Waals surface area contributed by atoms with Gasteiger partial charge in [0.05, 0.1) is 6.04 Å². The Hall–Kier alpha value is -2.36. The molecule has 2 aromatic rings. The summed E-state index contributed by atoms with van der Waals surface area (Å²) >= 11 is 0. The first kappa shape index (κ1) is 14.6. The van der Waals surface area contributed by atoms with Crippen molar-refractivity contribution < 1.29 is 9.18 Å². The van der Waals surface area contributed by atoms with Crippen LogP contribution in [-0.4, -0.2) is 5.91 Å². The number of aryl methyl sites for hydroxylation is 2. The summed E-state index contributed by atoms with van der Waals surface area (Å²) < 4.78 is 13.6. The lowest BCUT2D eigenvalue weighted by Gasteiger charge is -2.26. The molecule has 0 heterocycles. The first-order valence-electron chi connectivity index (χ1n) is 7.50. The third-order valence-electron chi connectivity index (χ3n) is 4.22. The second kappa shape index (κ2) is 5.79. The predicted molar refractivity (Wildman–Crippen MR) is 85.1 cm³/mol. The third kappa shape index (κ3) is 2.82. The van der Waals surface area contributed by atoms with E-state index in [1.807, 2.05) is 18.2 Å². The van der Waals surface area contributed by atoms with Gasteiger partial charge in [0.1, 0.15) is 5.82 Å². The van der Waals surface area contributed by atoms with Gasteiger partial charge < -0.3 is 11.1 Å². The van der Waals surface area contributed by atoms with Gasteiger partial charge in [-0.3, -0.25) is 4.79 Å². The first-order chi connectivity index (χ1) is 10.5. The minimum Gasteiger partial charge on any atom is -0.399 e. The maximum atomic E-state index is 13.6. The van der Waals surface area contributed by atoms with Gasteiger partial charge in [-0.25, -0.2) is 4.39 Å². The summed E-state index contributed by atoms with van der Waals surface area (Å²) in [7, 11) is 0. The van der Waals surface area contributed by atoms with Gasteiger partial charge in [-0.15, -0.1) is 0 Å². The second-order valence-electron chi connectivity index (χ2n) is 5.84. The standard InChI is InChI=1S/C18H19FN2O/c1-11-5-6-13(10-16(11)19)18(22)21-17-4-2-3-12-9-14(20)7-8-15(12)17/h5-10,17H,2-4,20H2,1H3,(H,21,22). The number of hydrogen-bond donors (Lipinski definition) is 2. The first-order valence-corrected chi connectivity index (χ1v) is 7.50. The number of nitrogen functional groups attached to an aromatic ring is 1. The van der Waals surface area contributed by atoms with E-state index >= 15 is 0 Å². The van der Waals surface area contributed by atoms with Crippen LogP contribution in [0, 0.1) is 12.7 Å². The second-order valence-corrected chi connectivity index (χ2v) is 5.84. The summed E-state index contributed by atoms with van der Waals surface area (Å²) in [5, 5.41) is 3.01. The molecule has 1 aliphatic rings. The fraction of sp³-hybridized carbons (Fsp3) is 0.278. The number of hydrogen-bond acceptors (Lipinski definition) is 2. The van der Waals surface area contributed by atoms with Crippen molar-refractivity contribution in [2.45, 2.75) is 32.2 Å². The molecule has 22 heavy (non-hydrogen) atoms. The molecule has 1 aliphatic carbocycles. The largest absolute Gasteiger partial charge is 0.399 e. The van der Waals surface area contributed by atoms with Gasteiger partial charge >= 0.3 is 0 Å². The molecular formula is C18H19FN2O. The van der Waals surface area contributed by atoms with Crippen LogP contribution in [0.3, 0.4) is 0 Å². The summed E-state index contributed by atoms with van der Waals surface area (Å²) in [4.78, 5) is 12.4. The molecule has 3 N–H and O–H groups in total. The van der Waals surface area contributed by atoms with Gasteiger partial charge in [-0.05, 0) is 67.1 Å². The highest BCUT2D eigenvalue weighted by Crippen LogP contribution is 2.31. The molecule has 1 unspecified atom stereocenters. The maximum absolute atomic E-state index is 13.6. The molecule has 114 valence electrons. The number of benzene rings is 2. The molecule has 2 aromatic carbocycles. The van der Waals surface area contributed by atoms with Crippen LogP contribution in [0.5, 0.6) is 0 Å².